The summed E-state index contributed by atoms with van der Waals surface area (Å²) in [4.78, 5) is 14.0. The third-order valence-corrected chi connectivity index (χ3v) is 4.23. The average Bonchev–Trinajstić information content (AvgIpc) is 2.88. The normalized spacial score (nSPS) is 17.4. The molecule has 0 saturated heterocycles. The number of hydrogen-bond donors (Lipinski definition) is 2. The molecule has 0 aliphatic carbocycles. The summed E-state index contributed by atoms with van der Waals surface area (Å²) in [5.74, 6) is -0.459. The van der Waals surface area contributed by atoms with Crippen molar-refractivity contribution in [1.82, 2.24) is 0 Å². The SMILES string of the molecule is Nc1cccc2c1/C(=N/O)C(=O)N2Cc1cc(F)cc2c1OCOC2. The number of nitrogens with two attached hydrogens (primary N) is 1. The molecule has 0 spiro atoms. The Bertz CT molecular complexity index is 913. The van der Waals surface area contributed by atoms with Gasteiger partial charge in [0.2, 0.25) is 0 Å². The Morgan fingerprint density at radius 2 is 2.20 bits per heavy atom. The van der Waals surface area contributed by atoms with E-state index in [0.29, 0.717) is 33.8 Å². The summed E-state index contributed by atoms with van der Waals surface area (Å²) in [6.45, 7) is 0.349. The molecular weight excluding hydrogens is 329 g/mol. The largest absolute Gasteiger partial charge is 0.467 e. The Morgan fingerprint density at radius 1 is 1.36 bits per heavy atom. The molecule has 25 heavy (non-hydrogen) atoms. The lowest BCUT2D eigenvalue weighted by Crippen LogP contribution is -2.30. The molecule has 0 fully saturated rings. The molecule has 2 aromatic carbocycles. The molecule has 0 radical (unpaired) electrons. The van der Waals surface area contributed by atoms with Crippen molar-refractivity contribution in [3.63, 3.8) is 0 Å². The summed E-state index contributed by atoms with van der Waals surface area (Å²) in [6, 6.07) is 7.66. The van der Waals surface area contributed by atoms with Crippen molar-refractivity contribution < 1.29 is 23.9 Å². The number of amides is 1. The first-order valence-corrected chi connectivity index (χ1v) is 7.54. The number of rotatable bonds is 2. The van der Waals surface area contributed by atoms with E-state index in [1.807, 2.05) is 0 Å². The van der Waals surface area contributed by atoms with Gasteiger partial charge in [0.15, 0.2) is 12.5 Å². The van der Waals surface area contributed by atoms with E-state index in [1.165, 1.54) is 17.0 Å². The van der Waals surface area contributed by atoms with Crippen LogP contribution in [0.1, 0.15) is 16.7 Å². The van der Waals surface area contributed by atoms with Crippen LogP contribution in [0.25, 0.3) is 0 Å². The van der Waals surface area contributed by atoms with Gasteiger partial charge in [-0.15, -0.1) is 0 Å². The summed E-state index contributed by atoms with van der Waals surface area (Å²) in [6.07, 6.45) is 0. The minimum absolute atomic E-state index is 0.0500. The van der Waals surface area contributed by atoms with Crippen molar-refractivity contribution in [3.05, 3.63) is 52.8 Å². The molecule has 2 heterocycles. The molecular formula is C17H14FN3O4. The fraction of sp³-hybridized carbons (Fsp3) is 0.176. The van der Waals surface area contributed by atoms with Crippen LogP contribution in [0.5, 0.6) is 5.75 Å². The highest BCUT2D eigenvalue weighted by molar-refractivity contribution is 6.55. The maximum atomic E-state index is 13.9. The molecule has 0 unspecified atom stereocenters. The molecule has 0 saturated carbocycles. The minimum Gasteiger partial charge on any atom is -0.467 e. The molecule has 0 bridgehead atoms. The van der Waals surface area contributed by atoms with Crippen molar-refractivity contribution in [2.45, 2.75) is 13.2 Å². The number of hydrogen-bond acceptors (Lipinski definition) is 6. The summed E-state index contributed by atoms with van der Waals surface area (Å²) >= 11 is 0. The van der Waals surface area contributed by atoms with Gasteiger partial charge < -0.3 is 25.3 Å². The summed E-state index contributed by atoms with van der Waals surface area (Å²) in [7, 11) is 0. The van der Waals surface area contributed by atoms with Crippen molar-refractivity contribution in [2.24, 2.45) is 5.16 Å². The number of benzene rings is 2. The standard InChI is InChI=1S/C17H14FN3O4/c18-11-4-9(16-10(5-11)7-24-8-25-16)6-21-13-3-1-2-12(19)14(13)15(20-23)17(21)22/h1-5,23H,6-8,19H2/b20-15-. The minimum atomic E-state index is -0.513. The van der Waals surface area contributed by atoms with Crippen LogP contribution in [-0.4, -0.2) is 23.6 Å². The maximum absolute atomic E-state index is 13.9. The number of carbonyl (C=O) groups is 1. The fourth-order valence-electron chi connectivity index (χ4n) is 3.18. The topological polar surface area (TPSA) is 97.4 Å². The fourth-order valence-corrected chi connectivity index (χ4v) is 3.18. The Morgan fingerprint density at radius 3 is 3.00 bits per heavy atom. The number of oxime groups is 1. The van der Waals surface area contributed by atoms with E-state index in [9.17, 15) is 14.4 Å². The molecule has 2 aliphatic rings. The number of nitrogens with zero attached hydrogens (tertiary/aromatic N) is 2. The van der Waals surface area contributed by atoms with E-state index >= 15 is 0 Å². The van der Waals surface area contributed by atoms with Crippen LogP contribution in [0, 0.1) is 5.82 Å². The zero-order chi connectivity index (χ0) is 17.6. The van der Waals surface area contributed by atoms with Crippen molar-refractivity contribution in [1.29, 1.82) is 0 Å². The molecule has 1 amide bonds. The summed E-state index contributed by atoms with van der Waals surface area (Å²) < 4.78 is 24.6. The Labute approximate surface area is 142 Å². The van der Waals surface area contributed by atoms with Gasteiger partial charge >= 0.3 is 0 Å². The molecule has 4 rings (SSSR count). The lowest BCUT2D eigenvalue weighted by Gasteiger charge is -2.24. The zero-order valence-electron chi connectivity index (χ0n) is 13.0. The van der Waals surface area contributed by atoms with Crippen LogP contribution in [0.2, 0.25) is 0 Å². The van der Waals surface area contributed by atoms with E-state index < -0.39 is 11.7 Å². The predicted octanol–water partition coefficient (Wildman–Crippen LogP) is 2.00. The van der Waals surface area contributed by atoms with E-state index in [2.05, 4.69) is 5.16 Å². The molecule has 0 aromatic heterocycles. The van der Waals surface area contributed by atoms with Crippen LogP contribution in [-0.2, 0) is 22.7 Å². The van der Waals surface area contributed by atoms with Gasteiger partial charge in [-0.05, 0) is 24.3 Å². The first kappa shape index (κ1) is 15.4. The van der Waals surface area contributed by atoms with Crippen LogP contribution >= 0.6 is 0 Å². The lowest BCUT2D eigenvalue weighted by atomic mass is 10.1. The highest BCUT2D eigenvalue weighted by atomic mass is 19.1. The Balaban J connectivity index is 1.79. The molecule has 3 N–H and O–H groups in total. The second kappa shape index (κ2) is 5.75. The van der Waals surface area contributed by atoms with Gasteiger partial charge in [0.05, 0.1) is 24.4 Å². The summed E-state index contributed by atoms with van der Waals surface area (Å²) in [5, 5.41) is 12.3. The molecule has 8 heteroatoms. The van der Waals surface area contributed by atoms with Crippen molar-refractivity contribution in [3.8, 4) is 5.75 Å². The van der Waals surface area contributed by atoms with E-state index in [1.54, 1.807) is 18.2 Å². The van der Waals surface area contributed by atoms with Gasteiger partial charge in [-0.1, -0.05) is 11.2 Å². The lowest BCUT2D eigenvalue weighted by molar-refractivity contribution is -0.112. The molecule has 2 aliphatic heterocycles. The van der Waals surface area contributed by atoms with Crippen molar-refractivity contribution in [2.75, 3.05) is 17.4 Å². The molecule has 128 valence electrons. The number of halogens is 1. The Hall–Kier alpha value is -3.13. The van der Waals surface area contributed by atoms with E-state index in [0.717, 1.165) is 0 Å². The van der Waals surface area contributed by atoms with Crippen LogP contribution in [0.3, 0.4) is 0 Å². The van der Waals surface area contributed by atoms with E-state index in [4.69, 9.17) is 15.2 Å². The number of ether oxygens (including phenoxy) is 2. The first-order chi connectivity index (χ1) is 12.1. The second-order valence-corrected chi connectivity index (χ2v) is 5.75. The number of carbonyl (C=O) groups excluding carboxylic acids is 1. The smallest absolute Gasteiger partial charge is 0.281 e. The van der Waals surface area contributed by atoms with Crippen LogP contribution in [0.15, 0.2) is 35.5 Å². The quantitative estimate of drug-likeness (QED) is 0.494. The van der Waals surface area contributed by atoms with Gasteiger partial charge in [0.1, 0.15) is 11.6 Å². The Kier molecular flexibility index (Phi) is 3.54. The predicted molar refractivity (Wildman–Crippen MR) is 87.1 cm³/mol. The number of anilines is 2. The highest BCUT2D eigenvalue weighted by Crippen LogP contribution is 2.37. The molecule has 0 atom stereocenters. The van der Waals surface area contributed by atoms with Crippen LogP contribution in [0.4, 0.5) is 15.8 Å². The summed E-state index contributed by atoms with van der Waals surface area (Å²) in [5.41, 5.74) is 8.06. The average molecular weight is 343 g/mol. The van der Waals surface area contributed by atoms with Gasteiger partial charge in [0.25, 0.3) is 5.91 Å². The van der Waals surface area contributed by atoms with Gasteiger partial charge in [-0.2, -0.15) is 0 Å². The zero-order valence-corrected chi connectivity index (χ0v) is 13.0. The number of fused-ring (bicyclic) bond motifs is 2. The van der Waals surface area contributed by atoms with Gasteiger partial charge in [0, 0.05) is 16.8 Å². The second-order valence-electron chi connectivity index (χ2n) is 5.75. The third-order valence-electron chi connectivity index (χ3n) is 4.23. The van der Waals surface area contributed by atoms with Crippen LogP contribution < -0.4 is 15.4 Å². The first-order valence-electron chi connectivity index (χ1n) is 7.54. The van der Waals surface area contributed by atoms with Crippen molar-refractivity contribution >= 4 is 23.0 Å². The highest BCUT2D eigenvalue weighted by Gasteiger charge is 2.37. The van der Waals surface area contributed by atoms with Gasteiger partial charge in [-0.3, -0.25) is 4.79 Å². The number of nitrogen functional groups attached to an aromatic ring is 1. The third kappa shape index (κ3) is 2.38. The van der Waals surface area contributed by atoms with E-state index in [-0.39, 0.29) is 25.7 Å². The van der Waals surface area contributed by atoms with Gasteiger partial charge in [-0.25, -0.2) is 4.39 Å². The molecule has 2 aromatic rings. The monoisotopic (exact) mass is 343 g/mol. The molecule has 7 nitrogen and oxygen atoms in total. The maximum Gasteiger partial charge on any atom is 0.281 e.